The third-order valence-electron chi connectivity index (χ3n) is 2.09. The lowest BCUT2D eigenvalue weighted by Gasteiger charge is -2.09. The van der Waals surface area contributed by atoms with Crippen molar-refractivity contribution in [2.75, 3.05) is 19.8 Å². The van der Waals surface area contributed by atoms with Gasteiger partial charge in [-0.15, -0.1) is 0 Å². The predicted molar refractivity (Wildman–Crippen MR) is 67.7 cm³/mol. The molecule has 0 N–H and O–H groups in total. The van der Waals surface area contributed by atoms with Crippen molar-refractivity contribution in [1.82, 2.24) is 0 Å². The maximum Gasteiger partial charge on any atom is 0.252 e. The highest BCUT2D eigenvalue weighted by Gasteiger charge is 2.08. The van der Waals surface area contributed by atoms with E-state index in [0.717, 1.165) is 6.07 Å². The lowest BCUT2D eigenvalue weighted by atomic mass is 10.2. The van der Waals surface area contributed by atoms with Crippen molar-refractivity contribution >= 4 is 16.8 Å². The van der Waals surface area contributed by atoms with Gasteiger partial charge in [-0.2, -0.15) is 0 Å². The van der Waals surface area contributed by atoms with Crippen LogP contribution in [-0.4, -0.2) is 25.1 Å². The molecule has 0 aliphatic heterocycles. The molecule has 0 saturated heterocycles. The number of benzene rings is 1. The fraction of sp³-hybridized carbons (Fsp3) is 0.462. The fourth-order valence-corrected chi connectivity index (χ4v) is 1.38. The minimum atomic E-state index is -0.643. The van der Waals surface area contributed by atoms with Crippen LogP contribution in [0.1, 0.15) is 24.2 Å². The first-order valence-corrected chi connectivity index (χ1v) is 6.08. The average molecular weight is 275 g/mol. The van der Waals surface area contributed by atoms with Crippen LogP contribution in [0.4, 0.5) is 4.39 Å². The Balaban J connectivity index is 2.46. The Hall–Kier alpha value is -1.13. The third kappa shape index (κ3) is 5.02. The van der Waals surface area contributed by atoms with Crippen LogP contribution < -0.4 is 4.74 Å². The summed E-state index contributed by atoms with van der Waals surface area (Å²) in [5.74, 6) is -0.0749. The van der Waals surface area contributed by atoms with Gasteiger partial charge in [0.15, 0.2) is 11.6 Å². The zero-order valence-corrected chi connectivity index (χ0v) is 11.2. The van der Waals surface area contributed by atoms with E-state index in [2.05, 4.69) is 0 Å². The zero-order chi connectivity index (χ0) is 13.5. The Kier molecular flexibility index (Phi) is 6.09. The van der Waals surface area contributed by atoms with Crippen LogP contribution in [-0.2, 0) is 4.74 Å². The van der Waals surface area contributed by atoms with Gasteiger partial charge in [0.05, 0.1) is 6.61 Å². The van der Waals surface area contributed by atoms with E-state index in [1.807, 2.05) is 13.8 Å². The number of ether oxygens (including phenoxy) is 2. The van der Waals surface area contributed by atoms with Crippen LogP contribution in [0.2, 0.25) is 0 Å². The molecule has 1 aromatic carbocycles. The highest BCUT2D eigenvalue weighted by atomic mass is 35.5. The van der Waals surface area contributed by atoms with Crippen molar-refractivity contribution in [1.29, 1.82) is 0 Å². The number of carbonyl (C=O) groups excluding carboxylic acids is 1. The van der Waals surface area contributed by atoms with Gasteiger partial charge in [0.25, 0.3) is 5.24 Å². The quantitative estimate of drug-likeness (QED) is 0.565. The smallest absolute Gasteiger partial charge is 0.252 e. The van der Waals surface area contributed by atoms with Gasteiger partial charge in [-0.25, -0.2) is 4.39 Å². The molecular formula is C13H16ClFO3. The molecule has 3 nitrogen and oxygen atoms in total. The standard InChI is InChI=1S/C13H16ClFO3/c1-9(2)8-17-5-6-18-12-7-10(13(14)16)3-4-11(12)15/h3-4,7,9H,5-6,8H2,1-2H3. The van der Waals surface area contributed by atoms with E-state index in [1.54, 1.807) is 0 Å². The Bertz CT molecular complexity index is 407. The molecule has 0 atom stereocenters. The van der Waals surface area contributed by atoms with Crippen LogP contribution in [0.5, 0.6) is 5.75 Å². The summed E-state index contributed by atoms with van der Waals surface area (Å²) in [6.45, 7) is 5.30. The molecular weight excluding hydrogens is 259 g/mol. The molecule has 0 fully saturated rings. The van der Waals surface area contributed by atoms with Crippen molar-refractivity contribution in [2.45, 2.75) is 13.8 Å². The van der Waals surface area contributed by atoms with Gasteiger partial charge in [-0.05, 0) is 35.7 Å². The van der Waals surface area contributed by atoms with Crippen LogP contribution in [0.3, 0.4) is 0 Å². The number of carbonyl (C=O) groups is 1. The molecule has 0 heterocycles. The summed E-state index contributed by atoms with van der Waals surface area (Å²) in [6.07, 6.45) is 0. The summed E-state index contributed by atoms with van der Waals surface area (Å²) in [5, 5.41) is -0.643. The second-order valence-electron chi connectivity index (χ2n) is 4.24. The van der Waals surface area contributed by atoms with Gasteiger partial charge in [-0.3, -0.25) is 4.79 Å². The SMILES string of the molecule is CC(C)COCCOc1cc(C(=O)Cl)ccc1F. The number of hydrogen-bond donors (Lipinski definition) is 0. The summed E-state index contributed by atoms with van der Waals surface area (Å²) >= 11 is 5.30. The molecule has 18 heavy (non-hydrogen) atoms. The molecule has 0 bridgehead atoms. The molecule has 1 aromatic rings. The molecule has 5 heteroatoms. The van der Waals surface area contributed by atoms with Gasteiger partial charge < -0.3 is 9.47 Å². The molecule has 100 valence electrons. The minimum absolute atomic E-state index is 0.00893. The minimum Gasteiger partial charge on any atom is -0.488 e. The van der Waals surface area contributed by atoms with Crippen molar-refractivity contribution in [3.05, 3.63) is 29.6 Å². The van der Waals surface area contributed by atoms with Crippen molar-refractivity contribution in [2.24, 2.45) is 5.92 Å². The van der Waals surface area contributed by atoms with E-state index in [0.29, 0.717) is 19.1 Å². The van der Waals surface area contributed by atoms with Crippen molar-refractivity contribution in [3.63, 3.8) is 0 Å². The predicted octanol–water partition coefficient (Wildman–Crippen LogP) is 3.26. The van der Waals surface area contributed by atoms with Crippen LogP contribution in [0, 0.1) is 11.7 Å². The second kappa shape index (κ2) is 7.34. The molecule has 0 amide bonds. The van der Waals surface area contributed by atoms with Crippen molar-refractivity contribution < 1.29 is 18.7 Å². The van der Waals surface area contributed by atoms with Crippen LogP contribution >= 0.6 is 11.6 Å². The largest absolute Gasteiger partial charge is 0.488 e. The van der Waals surface area contributed by atoms with E-state index in [4.69, 9.17) is 21.1 Å². The second-order valence-corrected chi connectivity index (χ2v) is 4.58. The van der Waals surface area contributed by atoms with Crippen LogP contribution in [0.15, 0.2) is 18.2 Å². The Morgan fingerprint density at radius 3 is 2.72 bits per heavy atom. The highest BCUT2D eigenvalue weighted by molar-refractivity contribution is 6.67. The van der Waals surface area contributed by atoms with Gasteiger partial charge in [0.2, 0.25) is 0 Å². The van der Waals surface area contributed by atoms with Gasteiger partial charge in [0, 0.05) is 12.2 Å². The van der Waals surface area contributed by atoms with Gasteiger partial charge in [0.1, 0.15) is 6.61 Å². The number of hydrogen-bond acceptors (Lipinski definition) is 3. The van der Waals surface area contributed by atoms with E-state index < -0.39 is 11.1 Å². The lowest BCUT2D eigenvalue weighted by Crippen LogP contribution is -2.11. The molecule has 0 aromatic heterocycles. The number of halogens is 2. The monoisotopic (exact) mass is 274 g/mol. The lowest BCUT2D eigenvalue weighted by molar-refractivity contribution is 0.0807. The summed E-state index contributed by atoms with van der Waals surface area (Å²) in [6, 6.07) is 3.75. The average Bonchev–Trinajstić information content (AvgIpc) is 2.30. The Labute approximate surface area is 111 Å². The molecule has 0 radical (unpaired) electrons. The summed E-state index contributed by atoms with van der Waals surface area (Å²) in [4.78, 5) is 10.9. The summed E-state index contributed by atoms with van der Waals surface area (Å²) < 4.78 is 23.8. The molecule has 1 rings (SSSR count). The highest BCUT2D eigenvalue weighted by Crippen LogP contribution is 2.19. The van der Waals surface area contributed by atoms with E-state index in [1.165, 1.54) is 12.1 Å². The van der Waals surface area contributed by atoms with Crippen molar-refractivity contribution in [3.8, 4) is 5.75 Å². The fourth-order valence-electron chi connectivity index (χ4n) is 1.27. The third-order valence-corrected chi connectivity index (χ3v) is 2.31. The summed E-state index contributed by atoms with van der Waals surface area (Å²) in [7, 11) is 0. The molecule has 0 saturated carbocycles. The normalized spacial score (nSPS) is 10.7. The summed E-state index contributed by atoms with van der Waals surface area (Å²) in [5.41, 5.74) is 0.205. The first kappa shape index (κ1) is 14.9. The van der Waals surface area contributed by atoms with E-state index >= 15 is 0 Å². The van der Waals surface area contributed by atoms with E-state index in [9.17, 15) is 9.18 Å². The van der Waals surface area contributed by atoms with Gasteiger partial charge >= 0.3 is 0 Å². The molecule has 0 spiro atoms. The maximum absolute atomic E-state index is 13.4. The Morgan fingerprint density at radius 1 is 1.39 bits per heavy atom. The van der Waals surface area contributed by atoms with E-state index in [-0.39, 0.29) is 17.9 Å². The van der Waals surface area contributed by atoms with Gasteiger partial charge in [-0.1, -0.05) is 13.8 Å². The first-order valence-electron chi connectivity index (χ1n) is 5.70. The maximum atomic E-state index is 13.4. The number of rotatable bonds is 7. The first-order chi connectivity index (χ1) is 8.50. The Morgan fingerprint density at radius 2 is 2.11 bits per heavy atom. The zero-order valence-electron chi connectivity index (χ0n) is 10.4. The van der Waals surface area contributed by atoms with Crippen LogP contribution in [0.25, 0.3) is 0 Å². The molecule has 0 unspecified atom stereocenters. The topological polar surface area (TPSA) is 35.5 Å². The molecule has 0 aliphatic carbocycles. The molecule has 0 aliphatic rings.